The fourth-order valence-corrected chi connectivity index (χ4v) is 14.4. The van der Waals surface area contributed by atoms with Crippen LogP contribution in [0, 0.1) is 0 Å². The van der Waals surface area contributed by atoms with Crippen LogP contribution in [0.1, 0.15) is 25.0 Å². The molecule has 0 unspecified atom stereocenters. The molecule has 0 saturated heterocycles. The molecule has 0 fully saturated rings. The molecular weight excluding hydrogens is 757 g/mol. The van der Waals surface area contributed by atoms with Crippen LogP contribution >= 0.6 is 34.0 Å². The summed E-state index contributed by atoms with van der Waals surface area (Å²) >= 11 is 5.79. The number of hydrogen-bond acceptors (Lipinski definition) is 3. The van der Waals surface area contributed by atoms with Crippen LogP contribution in [-0.2, 0) is 5.41 Å². The minimum atomic E-state index is -0.0750. The largest absolute Gasteiger partial charge is 0.135 e. The first kappa shape index (κ1) is 31.9. The average molecular weight is 789 g/mol. The normalized spacial score (nSPS) is 13.8. The van der Waals surface area contributed by atoms with Gasteiger partial charge in [0, 0.05) is 82.6 Å². The molecule has 3 aromatic heterocycles. The number of thiophene rings is 3. The molecule has 0 spiro atoms. The molecule has 0 nitrogen and oxygen atoms in total. The molecule has 13 aromatic rings. The van der Waals surface area contributed by atoms with Gasteiger partial charge in [0.1, 0.15) is 0 Å². The van der Waals surface area contributed by atoms with E-state index in [2.05, 4.69) is 172 Å². The number of fused-ring (bicyclic) bond motifs is 9. The lowest BCUT2D eigenvalue weighted by molar-refractivity contribution is 0.622. The van der Waals surface area contributed by atoms with E-state index in [9.17, 15) is 0 Å². The Kier molecular flexibility index (Phi) is 6.10. The molecule has 58 heavy (non-hydrogen) atoms. The third-order valence-corrected chi connectivity index (χ3v) is 17.1. The van der Waals surface area contributed by atoms with Gasteiger partial charge in [0.05, 0.1) is 0 Å². The Morgan fingerprint density at radius 2 is 0.690 bits per heavy atom. The van der Waals surface area contributed by atoms with E-state index in [4.69, 9.17) is 0 Å². The van der Waals surface area contributed by atoms with Crippen LogP contribution in [0.15, 0.2) is 158 Å². The maximum atomic E-state index is 2.58. The van der Waals surface area contributed by atoms with Crippen LogP contribution in [-0.4, -0.2) is 0 Å². The third kappa shape index (κ3) is 3.95. The zero-order valence-corrected chi connectivity index (χ0v) is 34.2. The highest BCUT2D eigenvalue weighted by Gasteiger charge is 2.40. The Balaban J connectivity index is 1.17. The second kappa shape index (κ2) is 11.1. The van der Waals surface area contributed by atoms with E-state index in [1.807, 2.05) is 34.0 Å². The maximum absolute atomic E-state index is 2.58. The van der Waals surface area contributed by atoms with E-state index < -0.39 is 0 Å². The van der Waals surface area contributed by atoms with Gasteiger partial charge in [-0.2, -0.15) is 0 Å². The van der Waals surface area contributed by atoms with Gasteiger partial charge < -0.3 is 0 Å². The lowest BCUT2D eigenvalue weighted by Crippen LogP contribution is -2.29. The summed E-state index contributed by atoms with van der Waals surface area (Å²) in [5.41, 5.74) is 10.8. The molecule has 0 aliphatic heterocycles. The summed E-state index contributed by atoms with van der Waals surface area (Å²) in [4.78, 5) is 0. The summed E-state index contributed by atoms with van der Waals surface area (Å²) in [7, 11) is 0. The number of hydrogen-bond donors (Lipinski definition) is 0. The molecular formula is C55H32S3. The number of rotatable bonds is 3. The SMILES string of the molecule is CC1(C)c2cc(-c3cccc4c3sc3ccccc34)c3ccc4c(-c5cccc6c5sc5ccccc56)cc(-c5cccc6c5sc5ccccc56)c5cc1c2c3c45. The second-order valence-corrected chi connectivity index (χ2v) is 19.8. The monoisotopic (exact) mass is 788 g/mol. The average Bonchev–Trinajstić information content (AvgIpc) is 3.96. The van der Waals surface area contributed by atoms with E-state index in [1.165, 1.54) is 137 Å². The topological polar surface area (TPSA) is 0 Å². The third-order valence-electron chi connectivity index (χ3n) is 13.4. The fraction of sp³-hybridized carbons (Fsp3) is 0.0545. The Hall–Kier alpha value is -6.10. The molecule has 0 atom stereocenters. The van der Waals surface area contributed by atoms with Crippen molar-refractivity contribution < 1.29 is 0 Å². The van der Waals surface area contributed by atoms with Gasteiger partial charge in [-0.25, -0.2) is 0 Å². The highest BCUT2D eigenvalue weighted by molar-refractivity contribution is 7.27. The molecule has 1 aliphatic carbocycles. The molecule has 0 radical (unpaired) electrons. The molecule has 3 heteroatoms. The van der Waals surface area contributed by atoms with Crippen molar-refractivity contribution in [1.82, 2.24) is 0 Å². The van der Waals surface area contributed by atoms with Crippen LogP contribution in [0.2, 0.25) is 0 Å². The van der Waals surface area contributed by atoms with Gasteiger partial charge in [-0.05, 0) is 96.5 Å². The van der Waals surface area contributed by atoms with Crippen LogP contribution in [0.25, 0.3) is 126 Å². The Morgan fingerprint density at radius 3 is 1.19 bits per heavy atom. The van der Waals surface area contributed by atoms with E-state index >= 15 is 0 Å². The first-order valence-electron chi connectivity index (χ1n) is 20.1. The first-order valence-corrected chi connectivity index (χ1v) is 22.5. The summed E-state index contributed by atoms with van der Waals surface area (Å²) in [6.45, 7) is 4.87. The van der Waals surface area contributed by atoms with Gasteiger partial charge in [0.25, 0.3) is 0 Å². The summed E-state index contributed by atoms with van der Waals surface area (Å²) < 4.78 is 8.11. The molecule has 0 bridgehead atoms. The van der Waals surface area contributed by atoms with Crippen molar-refractivity contribution in [2.75, 3.05) is 0 Å². The summed E-state index contributed by atoms with van der Waals surface area (Å²) in [6.07, 6.45) is 0. The zero-order valence-electron chi connectivity index (χ0n) is 31.7. The second-order valence-electron chi connectivity index (χ2n) is 16.7. The van der Waals surface area contributed by atoms with Crippen LogP contribution < -0.4 is 0 Å². The number of benzene rings is 10. The highest BCUT2D eigenvalue weighted by atomic mass is 32.1. The lowest BCUT2D eigenvalue weighted by Gasteiger charge is -2.41. The van der Waals surface area contributed by atoms with Crippen molar-refractivity contribution >= 4 is 127 Å². The molecule has 3 heterocycles. The first-order chi connectivity index (χ1) is 28.5. The van der Waals surface area contributed by atoms with Crippen LogP contribution in [0.4, 0.5) is 0 Å². The Labute approximate surface area is 346 Å². The van der Waals surface area contributed by atoms with Crippen molar-refractivity contribution in [3.63, 3.8) is 0 Å². The van der Waals surface area contributed by atoms with E-state index in [1.54, 1.807) is 0 Å². The van der Waals surface area contributed by atoms with Crippen molar-refractivity contribution in [2.45, 2.75) is 19.3 Å². The molecule has 270 valence electrons. The van der Waals surface area contributed by atoms with Crippen molar-refractivity contribution in [2.24, 2.45) is 0 Å². The minimum absolute atomic E-state index is 0.0750. The Bertz CT molecular complexity index is 3940. The summed E-state index contributed by atoms with van der Waals surface area (Å²) in [5, 5.41) is 16.3. The molecule has 0 saturated carbocycles. The van der Waals surface area contributed by atoms with E-state index in [0.29, 0.717) is 0 Å². The quantitative estimate of drug-likeness (QED) is 0.156. The van der Waals surface area contributed by atoms with Crippen LogP contribution in [0.3, 0.4) is 0 Å². The van der Waals surface area contributed by atoms with Crippen molar-refractivity contribution in [1.29, 1.82) is 0 Å². The maximum Gasteiger partial charge on any atom is 0.0434 e. The standard InChI is InChI=1S/C55H32S3/c1-55(2)44-27-42(39-20-11-17-36-31-14-5-8-23-48(31)58-54(36)39)33-25-24-32-40(37-18-9-15-34-29-12-3-6-21-46(29)56-52(34)37)26-41(43-28-45(55)51(44)50(33)49(32)43)38-19-10-16-35-30-13-4-7-22-47(30)57-53(35)38/h3-28H,1-2H3. The van der Waals surface area contributed by atoms with E-state index in [-0.39, 0.29) is 5.41 Å². The lowest BCUT2D eigenvalue weighted by atomic mass is 9.62. The highest BCUT2D eigenvalue weighted by Crippen LogP contribution is 2.58. The van der Waals surface area contributed by atoms with E-state index in [0.717, 1.165) is 0 Å². The zero-order chi connectivity index (χ0) is 38.0. The molecule has 10 aromatic carbocycles. The Morgan fingerprint density at radius 1 is 0.293 bits per heavy atom. The van der Waals surface area contributed by atoms with Crippen molar-refractivity contribution in [3.05, 3.63) is 169 Å². The van der Waals surface area contributed by atoms with Gasteiger partial charge in [-0.15, -0.1) is 34.0 Å². The van der Waals surface area contributed by atoms with Crippen LogP contribution in [0.5, 0.6) is 0 Å². The van der Waals surface area contributed by atoms with Gasteiger partial charge in [0.2, 0.25) is 0 Å². The molecule has 1 aliphatic rings. The smallest absolute Gasteiger partial charge is 0.0434 e. The summed E-state index contributed by atoms with van der Waals surface area (Å²) in [6, 6.07) is 60.2. The molecule has 0 N–H and O–H groups in total. The molecule has 0 amide bonds. The van der Waals surface area contributed by atoms with Gasteiger partial charge in [0.15, 0.2) is 0 Å². The minimum Gasteiger partial charge on any atom is -0.135 e. The van der Waals surface area contributed by atoms with Gasteiger partial charge in [-0.3, -0.25) is 0 Å². The predicted molar refractivity (Wildman–Crippen MR) is 257 cm³/mol. The van der Waals surface area contributed by atoms with Gasteiger partial charge in [-0.1, -0.05) is 135 Å². The fourth-order valence-electron chi connectivity index (χ4n) is 10.7. The van der Waals surface area contributed by atoms with Gasteiger partial charge >= 0.3 is 0 Å². The van der Waals surface area contributed by atoms with Crippen molar-refractivity contribution in [3.8, 4) is 33.4 Å². The predicted octanol–water partition coefficient (Wildman–Crippen LogP) is 17.3. The summed E-state index contributed by atoms with van der Waals surface area (Å²) in [5.74, 6) is 0. The molecule has 14 rings (SSSR count).